The minimum Gasteiger partial charge on any atom is -0.493 e. The zero-order valence-electron chi connectivity index (χ0n) is 16.1. The summed E-state index contributed by atoms with van der Waals surface area (Å²) >= 11 is 8.39. The molecule has 0 aliphatic rings. The van der Waals surface area contributed by atoms with Crippen molar-refractivity contribution in [2.24, 2.45) is 0 Å². The average molecular weight is 480 g/mol. The number of carbonyl (C=O) groups is 2. The summed E-state index contributed by atoms with van der Waals surface area (Å²) in [6.07, 6.45) is 0.813. The summed E-state index contributed by atoms with van der Waals surface area (Å²) in [5.41, 5.74) is 6.11. The lowest BCUT2D eigenvalue weighted by atomic mass is 10.2. The first-order valence-electron chi connectivity index (χ1n) is 8.91. The van der Waals surface area contributed by atoms with Gasteiger partial charge in [-0.3, -0.25) is 25.8 Å². The lowest BCUT2D eigenvalue weighted by molar-refractivity contribution is -0.123. The Labute approximate surface area is 183 Å². The smallest absolute Gasteiger partial charge is 0.276 e. The van der Waals surface area contributed by atoms with Gasteiger partial charge in [-0.1, -0.05) is 41.1 Å². The van der Waals surface area contributed by atoms with Crippen LogP contribution in [0, 0.1) is 6.92 Å². The first kappa shape index (κ1) is 22.6. The van der Waals surface area contributed by atoms with E-state index in [4.69, 9.17) is 21.7 Å². The van der Waals surface area contributed by atoms with Crippen molar-refractivity contribution in [2.45, 2.75) is 20.3 Å². The molecule has 0 fully saturated rings. The molecule has 2 aromatic rings. The molecular weight excluding hydrogens is 458 g/mol. The highest BCUT2D eigenvalue weighted by Gasteiger charge is 2.15. The highest BCUT2D eigenvalue weighted by atomic mass is 79.9. The predicted octanol–water partition coefficient (Wildman–Crippen LogP) is 3.26. The van der Waals surface area contributed by atoms with Gasteiger partial charge in [0.25, 0.3) is 11.8 Å². The van der Waals surface area contributed by atoms with Gasteiger partial charge in [-0.2, -0.15) is 0 Å². The SMILES string of the molecule is CCCOc1ccc(Br)cc1C(=O)NC(=S)NNC(=O)COc1ccccc1C. The van der Waals surface area contributed by atoms with Crippen molar-refractivity contribution < 1.29 is 19.1 Å². The van der Waals surface area contributed by atoms with Crippen LogP contribution in [0.4, 0.5) is 0 Å². The number of ether oxygens (including phenoxy) is 2. The van der Waals surface area contributed by atoms with Gasteiger partial charge in [-0.05, 0) is 55.4 Å². The van der Waals surface area contributed by atoms with E-state index in [9.17, 15) is 9.59 Å². The van der Waals surface area contributed by atoms with Gasteiger partial charge in [0.05, 0.1) is 12.2 Å². The Bertz CT molecular complexity index is 892. The number of rotatable bonds is 7. The first-order valence-corrected chi connectivity index (χ1v) is 10.1. The Kier molecular flexibility index (Phi) is 8.88. The number of hydrazine groups is 1. The van der Waals surface area contributed by atoms with Crippen LogP contribution in [0.2, 0.25) is 0 Å². The van der Waals surface area contributed by atoms with Crippen LogP contribution in [0.3, 0.4) is 0 Å². The number of hydrogen-bond acceptors (Lipinski definition) is 5. The quantitative estimate of drug-likeness (QED) is 0.417. The summed E-state index contributed by atoms with van der Waals surface area (Å²) in [6, 6.07) is 12.5. The van der Waals surface area contributed by atoms with Crippen LogP contribution in [-0.2, 0) is 4.79 Å². The predicted molar refractivity (Wildman–Crippen MR) is 118 cm³/mol. The van der Waals surface area contributed by atoms with Gasteiger partial charge in [-0.15, -0.1) is 0 Å². The average Bonchev–Trinajstić information content (AvgIpc) is 2.70. The molecule has 0 unspecified atom stereocenters. The molecule has 0 saturated heterocycles. The number of amides is 2. The lowest BCUT2D eigenvalue weighted by Crippen LogP contribution is -2.49. The second-order valence-electron chi connectivity index (χ2n) is 6.00. The molecule has 0 aliphatic carbocycles. The number of benzene rings is 2. The van der Waals surface area contributed by atoms with E-state index >= 15 is 0 Å². The van der Waals surface area contributed by atoms with Crippen molar-refractivity contribution in [3.63, 3.8) is 0 Å². The van der Waals surface area contributed by atoms with Crippen molar-refractivity contribution in [3.8, 4) is 11.5 Å². The van der Waals surface area contributed by atoms with Crippen LogP contribution in [0.15, 0.2) is 46.9 Å². The lowest BCUT2D eigenvalue weighted by Gasteiger charge is -2.14. The summed E-state index contributed by atoms with van der Waals surface area (Å²) in [5.74, 6) is 0.165. The summed E-state index contributed by atoms with van der Waals surface area (Å²) < 4.78 is 11.8. The zero-order chi connectivity index (χ0) is 21.2. The van der Waals surface area contributed by atoms with E-state index in [1.54, 1.807) is 24.3 Å². The van der Waals surface area contributed by atoms with Gasteiger partial charge in [0.2, 0.25) is 0 Å². The Hall–Kier alpha value is -2.65. The fourth-order valence-corrected chi connectivity index (χ4v) is 2.75. The third-order valence-electron chi connectivity index (χ3n) is 3.64. The van der Waals surface area contributed by atoms with E-state index in [0.717, 1.165) is 16.5 Å². The largest absolute Gasteiger partial charge is 0.493 e. The van der Waals surface area contributed by atoms with Gasteiger partial charge < -0.3 is 9.47 Å². The molecule has 0 spiro atoms. The van der Waals surface area contributed by atoms with Gasteiger partial charge >= 0.3 is 0 Å². The highest BCUT2D eigenvalue weighted by Crippen LogP contribution is 2.23. The fraction of sp³-hybridized carbons (Fsp3) is 0.250. The highest BCUT2D eigenvalue weighted by molar-refractivity contribution is 9.10. The molecule has 7 nitrogen and oxygen atoms in total. The molecule has 154 valence electrons. The molecule has 0 atom stereocenters. The van der Waals surface area contributed by atoms with Crippen LogP contribution in [0.25, 0.3) is 0 Å². The topological polar surface area (TPSA) is 88.7 Å². The molecule has 0 aliphatic heterocycles. The number of hydrogen-bond donors (Lipinski definition) is 3. The molecular formula is C20H22BrN3O4S. The number of halogens is 1. The Morgan fingerprint density at radius 3 is 2.55 bits per heavy atom. The number of thiocarbonyl (C=S) groups is 1. The Balaban J connectivity index is 1.84. The van der Waals surface area contributed by atoms with Gasteiger partial charge in [0.1, 0.15) is 11.5 Å². The number of carbonyl (C=O) groups excluding carboxylic acids is 2. The molecule has 2 amide bonds. The zero-order valence-corrected chi connectivity index (χ0v) is 18.5. The molecule has 0 saturated carbocycles. The second kappa shape index (κ2) is 11.4. The van der Waals surface area contributed by atoms with E-state index < -0.39 is 11.8 Å². The van der Waals surface area contributed by atoms with Gasteiger partial charge in [-0.25, -0.2) is 0 Å². The summed E-state index contributed by atoms with van der Waals surface area (Å²) in [5, 5.41) is 2.45. The second-order valence-corrected chi connectivity index (χ2v) is 7.32. The number of para-hydroxylation sites is 1. The number of nitrogens with one attached hydrogen (secondary N) is 3. The maximum Gasteiger partial charge on any atom is 0.276 e. The monoisotopic (exact) mass is 479 g/mol. The minimum absolute atomic E-state index is 0.0549. The molecule has 0 heterocycles. The molecule has 3 N–H and O–H groups in total. The molecule has 0 radical (unpaired) electrons. The molecule has 2 aromatic carbocycles. The summed E-state index contributed by atoms with van der Waals surface area (Å²) in [4.78, 5) is 24.4. The van der Waals surface area contributed by atoms with Crippen LogP contribution in [-0.4, -0.2) is 30.1 Å². The summed E-state index contributed by atoms with van der Waals surface area (Å²) in [6.45, 7) is 4.15. The molecule has 29 heavy (non-hydrogen) atoms. The maximum atomic E-state index is 12.5. The van der Waals surface area contributed by atoms with Crippen LogP contribution in [0.1, 0.15) is 29.3 Å². The van der Waals surface area contributed by atoms with E-state index in [-0.39, 0.29) is 11.7 Å². The number of aryl methyl sites for hydroxylation is 1. The standard InChI is InChI=1S/C20H22BrN3O4S/c1-3-10-27-17-9-8-14(21)11-15(17)19(26)22-20(29)24-23-18(25)12-28-16-7-5-4-6-13(16)2/h4-9,11H,3,10,12H2,1-2H3,(H,23,25)(H2,22,24,26,29). The van der Waals surface area contributed by atoms with Crippen LogP contribution >= 0.6 is 28.1 Å². The van der Waals surface area contributed by atoms with E-state index in [2.05, 4.69) is 32.1 Å². The van der Waals surface area contributed by atoms with E-state index in [1.807, 2.05) is 32.0 Å². The normalized spacial score (nSPS) is 10.0. The van der Waals surface area contributed by atoms with Crippen molar-refractivity contribution >= 4 is 45.1 Å². The van der Waals surface area contributed by atoms with Crippen molar-refractivity contribution in [3.05, 3.63) is 58.1 Å². The van der Waals surface area contributed by atoms with Crippen molar-refractivity contribution in [1.29, 1.82) is 0 Å². The van der Waals surface area contributed by atoms with E-state index in [0.29, 0.717) is 23.7 Å². The summed E-state index contributed by atoms with van der Waals surface area (Å²) in [7, 11) is 0. The van der Waals surface area contributed by atoms with Gasteiger partial charge in [0.15, 0.2) is 11.7 Å². The molecule has 0 aromatic heterocycles. The van der Waals surface area contributed by atoms with Crippen LogP contribution < -0.4 is 25.6 Å². The van der Waals surface area contributed by atoms with Crippen LogP contribution in [0.5, 0.6) is 11.5 Å². The van der Waals surface area contributed by atoms with Crippen molar-refractivity contribution in [2.75, 3.05) is 13.2 Å². The molecule has 0 bridgehead atoms. The fourth-order valence-electron chi connectivity index (χ4n) is 2.24. The maximum absolute atomic E-state index is 12.5. The third kappa shape index (κ3) is 7.35. The Morgan fingerprint density at radius 2 is 1.83 bits per heavy atom. The van der Waals surface area contributed by atoms with Gasteiger partial charge in [0, 0.05) is 4.47 Å². The third-order valence-corrected chi connectivity index (χ3v) is 4.34. The van der Waals surface area contributed by atoms with Crippen molar-refractivity contribution in [1.82, 2.24) is 16.2 Å². The first-order chi connectivity index (χ1) is 13.9. The minimum atomic E-state index is -0.458. The Morgan fingerprint density at radius 1 is 1.07 bits per heavy atom. The molecule has 9 heteroatoms. The molecule has 2 rings (SSSR count). The van der Waals surface area contributed by atoms with E-state index in [1.165, 1.54) is 0 Å².